The summed E-state index contributed by atoms with van der Waals surface area (Å²) in [6, 6.07) is 51.5. The van der Waals surface area contributed by atoms with Crippen molar-refractivity contribution in [3.8, 4) is 23.0 Å². The van der Waals surface area contributed by atoms with E-state index < -0.39 is 0 Å². The van der Waals surface area contributed by atoms with Crippen LogP contribution in [0, 0.1) is 11.8 Å². The van der Waals surface area contributed by atoms with E-state index in [0.717, 1.165) is 11.1 Å². The Morgan fingerprint density at radius 1 is 0.436 bits per heavy atom. The van der Waals surface area contributed by atoms with Gasteiger partial charge >= 0.3 is 0 Å². The predicted molar refractivity (Wildman–Crippen MR) is 164 cm³/mol. The Labute approximate surface area is 229 Å². The van der Waals surface area contributed by atoms with Gasteiger partial charge < -0.3 is 0 Å². The Morgan fingerprint density at radius 3 is 1.64 bits per heavy atom. The lowest BCUT2D eigenvalue weighted by atomic mass is 9.81. The Kier molecular flexibility index (Phi) is 5.89. The Morgan fingerprint density at radius 2 is 0.974 bits per heavy atom. The first-order chi connectivity index (χ1) is 19.4. The van der Waals surface area contributed by atoms with E-state index in [2.05, 4.69) is 145 Å². The van der Waals surface area contributed by atoms with Gasteiger partial charge in [0.25, 0.3) is 0 Å². The smallest absolute Gasteiger partial charge is 0.0375 e. The fraction of sp³-hybridized carbons (Fsp3) is 0.0256. The van der Waals surface area contributed by atoms with Gasteiger partial charge in [0, 0.05) is 17.0 Å². The summed E-state index contributed by atoms with van der Waals surface area (Å²) < 4.78 is 0. The topological polar surface area (TPSA) is 0 Å². The van der Waals surface area contributed by atoms with Gasteiger partial charge in [-0.3, -0.25) is 0 Å². The number of fused-ring (bicyclic) bond motifs is 2. The second-order valence-electron chi connectivity index (χ2n) is 9.90. The zero-order valence-electron chi connectivity index (χ0n) is 21.5. The maximum absolute atomic E-state index is 3.67. The van der Waals surface area contributed by atoms with Crippen molar-refractivity contribution in [1.82, 2.24) is 0 Å². The van der Waals surface area contributed by atoms with Gasteiger partial charge in [0.15, 0.2) is 0 Å². The molecule has 39 heavy (non-hydrogen) atoms. The van der Waals surface area contributed by atoms with E-state index >= 15 is 0 Å². The van der Waals surface area contributed by atoms with Crippen LogP contribution in [-0.2, 0) is 0 Å². The SMILES string of the molecule is C(#Cc1c2c(c(-c3ccccc3)c3ccccc13)C(c1ccccc1)=C[C@@H]2c1ccccc1)c1ccccc1. The maximum Gasteiger partial charge on any atom is 0.0375 e. The zero-order valence-corrected chi connectivity index (χ0v) is 21.5. The standard InChI is InChI=1S/C39H26/c1-5-15-28(16-6-1)25-26-34-32-23-13-14-24-33(32)37(31-21-11-4-12-22-31)39-36(30-19-9-3-10-20-30)27-35(38(34)39)29-17-7-2-8-18-29/h1-24,27,35H/t35-/m1/s1. The molecule has 0 N–H and O–H groups in total. The molecule has 0 saturated heterocycles. The van der Waals surface area contributed by atoms with E-state index in [1.54, 1.807) is 0 Å². The molecule has 1 atom stereocenters. The van der Waals surface area contributed by atoms with Gasteiger partial charge in [0.1, 0.15) is 0 Å². The van der Waals surface area contributed by atoms with E-state index in [9.17, 15) is 0 Å². The molecule has 1 aliphatic rings. The van der Waals surface area contributed by atoms with Gasteiger partial charge in [0.05, 0.1) is 0 Å². The molecule has 6 aromatic rings. The van der Waals surface area contributed by atoms with Crippen molar-refractivity contribution < 1.29 is 0 Å². The number of allylic oxidation sites excluding steroid dienone is 1. The number of rotatable bonds is 3. The summed E-state index contributed by atoms with van der Waals surface area (Å²) in [5, 5.41) is 2.43. The lowest BCUT2D eigenvalue weighted by molar-refractivity contribution is 1.05. The van der Waals surface area contributed by atoms with Gasteiger partial charge in [-0.25, -0.2) is 0 Å². The minimum Gasteiger partial charge on any atom is -0.0641 e. The molecule has 0 radical (unpaired) electrons. The maximum atomic E-state index is 3.67. The molecule has 0 unspecified atom stereocenters. The molecule has 0 saturated carbocycles. The first-order valence-corrected chi connectivity index (χ1v) is 13.4. The van der Waals surface area contributed by atoms with Crippen molar-refractivity contribution in [3.05, 3.63) is 185 Å². The molecule has 0 heteroatoms. The molecular formula is C39H26. The number of benzene rings is 6. The largest absolute Gasteiger partial charge is 0.0641 e. The van der Waals surface area contributed by atoms with Crippen LogP contribution in [0.1, 0.15) is 39.3 Å². The second kappa shape index (κ2) is 9.97. The molecule has 0 fully saturated rings. The summed E-state index contributed by atoms with van der Waals surface area (Å²) in [6.07, 6.45) is 2.45. The minimum absolute atomic E-state index is 0.101. The average Bonchev–Trinajstić information content (AvgIpc) is 3.41. The van der Waals surface area contributed by atoms with Crippen molar-refractivity contribution in [2.75, 3.05) is 0 Å². The van der Waals surface area contributed by atoms with Crippen LogP contribution in [0.5, 0.6) is 0 Å². The summed E-state index contributed by atoms with van der Waals surface area (Å²) in [6.45, 7) is 0. The van der Waals surface area contributed by atoms with E-state index in [1.165, 1.54) is 49.7 Å². The summed E-state index contributed by atoms with van der Waals surface area (Å²) in [5.74, 6) is 7.27. The third-order valence-electron chi connectivity index (χ3n) is 7.58. The highest BCUT2D eigenvalue weighted by atomic mass is 14.3. The molecule has 0 spiro atoms. The lowest BCUT2D eigenvalue weighted by Crippen LogP contribution is -2.03. The Hall–Kier alpha value is -5.12. The first-order valence-electron chi connectivity index (χ1n) is 13.4. The van der Waals surface area contributed by atoms with Crippen LogP contribution in [-0.4, -0.2) is 0 Å². The quantitative estimate of drug-likeness (QED) is 0.215. The van der Waals surface area contributed by atoms with Crippen LogP contribution in [0.2, 0.25) is 0 Å². The van der Waals surface area contributed by atoms with Crippen LogP contribution in [0.15, 0.2) is 152 Å². The number of hydrogen-bond donors (Lipinski definition) is 0. The highest BCUT2D eigenvalue weighted by molar-refractivity contribution is 6.09. The Balaban J connectivity index is 1.63. The molecule has 0 amide bonds. The molecule has 1 aliphatic carbocycles. The molecule has 0 heterocycles. The van der Waals surface area contributed by atoms with Gasteiger partial charge in [-0.2, -0.15) is 0 Å². The van der Waals surface area contributed by atoms with Gasteiger partial charge in [0.2, 0.25) is 0 Å². The van der Waals surface area contributed by atoms with Crippen molar-refractivity contribution in [2.24, 2.45) is 0 Å². The lowest BCUT2D eigenvalue weighted by Gasteiger charge is -2.21. The molecule has 6 aromatic carbocycles. The second-order valence-corrected chi connectivity index (χ2v) is 9.90. The van der Waals surface area contributed by atoms with Crippen molar-refractivity contribution in [1.29, 1.82) is 0 Å². The van der Waals surface area contributed by atoms with Crippen LogP contribution in [0.25, 0.3) is 27.5 Å². The summed E-state index contributed by atoms with van der Waals surface area (Å²) >= 11 is 0. The van der Waals surface area contributed by atoms with Crippen LogP contribution in [0.3, 0.4) is 0 Å². The van der Waals surface area contributed by atoms with Crippen molar-refractivity contribution in [2.45, 2.75) is 5.92 Å². The zero-order chi connectivity index (χ0) is 26.0. The molecule has 0 aromatic heterocycles. The van der Waals surface area contributed by atoms with Crippen LogP contribution < -0.4 is 0 Å². The minimum atomic E-state index is 0.101. The summed E-state index contributed by atoms with van der Waals surface area (Å²) in [7, 11) is 0. The first kappa shape index (κ1) is 23.0. The molecule has 0 aliphatic heterocycles. The number of hydrogen-bond acceptors (Lipinski definition) is 0. The fourth-order valence-corrected chi connectivity index (χ4v) is 5.86. The summed E-state index contributed by atoms with van der Waals surface area (Å²) in [4.78, 5) is 0. The third kappa shape index (κ3) is 4.15. The molecule has 0 bridgehead atoms. The highest BCUT2D eigenvalue weighted by Gasteiger charge is 2.32. The van der Waals surface area contributed by atoms with E-state index in [1.807, 2.05) is 18.2 Å². The Bertz CT molecular complexity index is 1870. The fourth-order valence-electron chi connectivity index (χ4n) is 5.86. The molecule has 7 rings (SSSR count). The predicted octanol–water partition coefficient (Wildman–Crippen LogP) is 9.48. The summed E-state index contributed by atoms with van der Waals surface area (Å²) in [5.41, 5.74) is 11.0. The van der Waals surface area contributed by atoms with Crippen molar-refractivity contribution >= 4 is 16.3 Å². The van der Waals surface area contributed by atoms with E-state index in [-0.39, 0.29) is 5.92 Å². The monoisotopic (exact) mass is 494 g/mol. The van der Waals surface area contributed by atoms with E-state index in [0.29, 0.717) is 0 Å². The third-order valence-corrected chi connectivity index (χ3v) is 7.58. The molecular weight excluding hydrogens is 468 g/mol. The average molecular weight is 495 g/mol. The van der Waals surface area contributed by atoms with Crippen LogP contribution >= 0.6 is 0 Å². The highest BCUT2D eigenvalue weighted by Crippen LogP contribution is 2.51. The van der Waals surface area contributed by atoms with Gasteiger partial charge in [-0.15, -0.1) is 0 Å². The molecule has 182 valence electrons. The van der Waals surface area contributed by atoms with Gasteiger partial charge in [-0.1, -0.05) is 151 Å². The van der Waals surface area contributed by atoms with Gasteiger partial charge in [-0.05, 0) is 61.9 Å². The van der Waals surface area contributed by atoms with E-state index in [4.69, 9.17) is 0 Å². The van der Waals surface area contributed by atoms with Crippen molar-refractivity contribution in [3.63, 3.8) is 0 Å². The molecule has 0 nitrogen and oxygen atoms in total. The van der Waals surface area contributed by atoms with Crippen LogP contribution in [0.4, 0.5) is 0 Å². The normalized spacial score (nSPS) is 13.8.